The number of rotatable bonds is 8. The smallest absolute Gasteiger partial charge is 0.128 e. The molecular weight excluding hydrogens is 222 g/mol. The normalized spacial score (nSPS) is 10.9. The monoisotopic (exact) mass is 249 g/mol. The number of pyridine rings is 1. The molecule has 0 fully saturated rings. The molecule has 1 aromatic rings. The molecule has 0 spiro atoms. The maximum absolute atomic E-state index is 4.50. The van der Waals surface area contributed by atoms with Gasteiger partial charge in [-0.05, 0) is 30.5 Å². The van der Waals surface area contributed by atoms with Crippen LogP contribution in [0.1, 0.15) is 46.1 Å². The fraction of sp³-hybridized carbons (Fsp3) is 0.667. The molecule has 0 atom stereocenters. The fourth-order valence-corrected chi connectivity index (χ4v) is 1.95. The summed E-state index contributed by atoms with van der Waals surface area (Å²) in [6.45, 7) is 11.9. The molecule has 18 heavy (non-hydrogen) atoms. The van der Waals surface area contributed by atoms with E-state index in [0.29, 0.717) is 6.04 Å². The number of nitrogens with one attached hydrogen (secondary N) is 1. The second kappa shape index (κ2) is 8.09. The van der Waals surface area contributed by atoms with E-state index in [1.807, 2.05) is 6.20 Å². The van der Waals surface area contributed by atoms with E-state index in [1.54, 1.807) is 0 Å². The Hall–Kier alpha value is -1.09. The summed E-state index contributed by atoms with van der Waals surface area (Å²) < 4.78 is 0. The number of nitrogens with zero attached hydrogens (tertiary/aromatic N) is 2. The van der Waals surface area contributed by atoms with Crippen molar-refractivity contribution in [3.05, 3.63) is 23.9 Å². The van der Waals surface area contributed by atoms with E-state index < -0.39 is 0 Å². The summed E-state index contributed by atoms with van der Waals surface area (Å²) in [6, 6.07) is 4.82. The van der Waals surface area contributed by atoms with Crippen molar-refractivity contribution >= 4 is 5.82 Å². The van der Waals surface area contributed by atoms with Crippen LogP contribution in [0.5, 0.6) is 0 Å². The molecule has 0 saturated carbocycles. The Labute approximate surface area is 112 Å². The van der Waals surface area contributed by atoms with Gasteiger partial charge in [0.15, 0.2) is 0 Å². The van der Waals surface area contributed by atoms with Crippen molar-refractivity contribution in [1.29, 1.82) is 0 Å². The van der Waals surface area contributed by atoms with Crippen LogP contribution < -0.4 is 10.2 Å². The maximum Gasteiger partial charge on any atom is 0.128 e. The van der Waals surface area contributed by atoms with Gasteiger partial charge in [-0.2, -0.15) is 0 Å². The van der Waals surface area contributed by atoms with Crippen molar-refractivity contribution in [1.82, 2.24) is 10.3 Å². The van der Waals surface area contributed by atoms with Crippen LogP contribution in [0.25, 0.3) is 0 Å². The summed E-state index contributed by atoms with van der Waals surface area (Å²) in [7, 11) is 0. The van der Waals surface area contributed by atoms with Crippen molar-refractivity contribution in [2.75, 3.05) is 18.0 Å². The number of hydrogen-bond donors (Lipinski definition) is 1. The Balaban J connectivity index is 2.71. The third-order valence-corrected chi connectivity index (χ3v) is 2.84. The predicted molar refractivity (Wildman–Crippen MR) is 79.0 cm³/mol. The Morgan fingerprint density at radius 2 is 1.89 bits per heavy atom. The highest BCUT2D eigenvalue weighted by Gasteiger charge is 2.06. The molecule has 0 amide bonds. The largest absolute Gasteiger partial charge is 0.357 e. The molecule has 1 aromatic heterocycles. The third-order valence-electron chi connectivity index (χ3n) is 2.84. The predicted octanol–water partition coefficient (Wildman–Crippen LogP) is 3.21. The molecule has 1 N–H and O–H groups in total. The highest BCUT2D eigenvalue weighted by atomic mass is 15.2. The summed E-state index contributed by atoms with van der Waals surface area (Å²) in [4.78, 5) is 6.88. The van der Waals surface area contributed by atoms with Crippen LogP contribution in [0.2, 0.25) is 0 Å². The van der Waals surface area contributed by atoms with Gasteiger partial charge in [-0.3, -0.25) is 0 Å². The Morgan fingerprint density at radius 3 is 2.44 bits per heavy atom. The van der Waals surface area contributed by atoms with E-state index in [9.17, 15) is 0 Å². The Kier molecular flexibility index (Phi) is 6.73. The number of hydrogen-bond acceptors (Lipinski definition) is 3. The molecule has 0 radical (unpaired) electrons. The lowest BCUT2D eigenvalue weighted by Gasteiger charge is -2.23. The van der Waals surface area contributed by atoms with Crippen LogP contribution >= 0.6 is 0 Å². The lowest BCUT2D eigenvalue weighted by molar-refractivity contribution is 0.588. The highest BCUT2D eigenvalue weighted by molar-refractivity contribution is 5.40. The van der Waals surface area contributed by atoms with Crippen molar-refractivity contribution in [3.8, 4) is 0 Å². The standard InChI is InChI=1S/C15H27N3/c1-5-9-18(10-6-2)15-11-14(7-8-16-15)12-17-13(3)4/h7-8,11,13,17H,5-6,9-10,12H2,1-4H3. The summed E-state index contributed by atoms with van der Waals surface area (Å²) in [5.41, 5.74) is 1.31. The van der Waals surface area contributed by atoms with Gasteiger partial charge in [-0.25, -0.2) is 4.98 Å². The molecular formula is C15H27N3. The highest BCUT2D eigenvalue weighted by Crippen LogP contribution is 2.13. The van der Waals surface area contributed by atoms with Crippen LogP contribution in [0.15, 0.2) is 18.3 Å². The fourth-order valence-electron chi connectivity index (χ4n) is 1.95. The van der Waals surface area contributed by atoms with Crippen molar-refractivity contribution in [2.24, 2.45) is 0 Å². The molecule has 1 heterocycles. The van der Waals surface area contributed by atoms with E-state index in [0.717, 1.165) is 38.3 Å². The minimum absolute atomic E-state index is 0.518. The molecule has 0 bridgehead atoms. The van der Waals surface area contributed by atoms with Gasteiger partial charge in [0, 0.05) is 31.9 Å². The molecule has 0 aliphatic carbocycles. The van der Waals surface area contributed by atoms with Gasteiger partial charge in [-0.1, -0.05) is 27.7 Å². The number of anilines is 1. The van der Waals surface area contributed by atoms with E-state index in [1.165, 1.54) is 5.56 Å². The van der Waals surface area contributed by atoms with Gasteiger partial charge in [0.25, 0.3) is 0 Å². The van der Waals surface area contributed by atoms with E-state index in [4.69, 9.17) is 0 Å². The zero-order valence-electron chi connectivity index (χ0n) is 12.2. The van der Waals surface area contributed by atoms with Crippen LogP contribution in [-0.4, -0.2) is 24.1 Å². The lowest BCUT2D eigenvalue weighted by atomic mass is 10.2. The lowest BCUT2D eigenvalue weighted by Crippen LogP contribution is -2.26. The Morgan fingerprint density at radius 1 is 1.22 bits per heavy atom. The van der Waals surface area contributed by atoms with Gasteiger partial charge in [0.1, 0.15) is 5.82 Å². The second-order valence-corrected chi connectivity index (χ2v) is 5.04. The molecule has 0 unspecified atom stereocenters. The SMILES string of the molecule is CCCN(CCC)c1cc(CNC(C)C)ccn1. The molecule has 1 rings (SSSR count). The average Bonchev–Trinajstić information content (AvgIpc) is 2.36. The zero-order chi connectivity index (χ0) is 13.4. The molecule has 102 valence electrons. The van der Waals surface area contributed by atoms with Crippen LogP contribution in [-0.2, 0) is 6.54 Å². The van der Waals surface area contributed by atoms with E-state index in [2.05, 4.69) is 55.0 Å². The van der Waals surface area contributed by atoms with Gasteiger partial charge in [0.2, 0.25) is 0 Å². The van der Waals surface area contributed by atoms with E-state index in [-0.39, 0.29) is 0 Å². The first-order valence-corrected chi connectivity index (χ1v) is 7.10. The molecule has 3 nitrogen and oxygen atoms in total. The molecule has 0 saturated heterocycles. The second-order valence-electron chi connectivity index (χ2n) is 5.04. The summed E-state index contributed by atoms with van der Waals surface area (Å²) in [5.74, 6) is 1.11. The minimum Gasteiger partial charge on any atom is -0.357 e. The van der Waals surface area contributed by atoms with Gasteiger partial charge >= 0.3 is 0 Å². The first kappa shape index (κ1) is 15.0. The first-order chi connectivity index (χ1) is 8.67. The molecule has 0 aliphatic rings. The van der Waals surface area contributed by atoms with Crippen LogP contribution in [0, 0.1) is 0 Å². The van der Waals surface area contributed by atoms with Crippen molar-refractivity contribution in [2.45, 2.75) is 53.1 Å². The topological polar surface area (TPSA) is 28.2 Å². The van der Waals surface area contributed by atoms with Gasteiger partial charge in [-0.15, -0.1) is 0 Å². The first-order valence-electron chi connectivity index (χ1n) is 7.10. The average molecular weight is 249 g/mol. The zero-order valence-corrected chi connectivity index (χ0v) is 12.2. The van der Waals surface area contributed by atoms with Crippen molar-refractivity contribution in [3.63, 3.8) is 0 Å². The van der Waals surface area contributed by atoms with Crippen molar-refractivity contribution < 1.29 is 0 Å². The van der Waals surface area contributed by atoms with Crippen LogP contribution in [0.4, 0.5) is 5.82 Å². The Bertz CT molecular complexity index is 330. The molecule has 0 aromatic carbocycles. The van der Waals surface area contributed by atoms with Gasteiger partial charge in [0.05, 0.1) is 0 Å². The quantitative estimate of drug-likeness (QED) is 0.767. The summed E-state index contributed by atoms with van der Waals surface area (Å²) in [6.07, 6.45) is 4.25. The maximum atomic E-state index is 4.50. The molecule has 3 heteroatoms. The van der Waals surface area contributed by atoms with Gasteiger partial charge < -0.3 is 10.2 Å². The molecule has 0 aliphatic heterocycles. The van der Waals surface area contributed by atoms with Crippen LogP contribution in [0.3, 0.4) is 0 Å². The third kappa shape index (κ3) is 5.05. The van der Waals surface area contributed by atoms with E-state index >= 15 is 0 Å². The summed E-state index contributed by atoms with van der Waals surface area (Å²) in [5, 5.41) is 3.45. The minimum atomic E-state index is 0.518. The number of aromatic nitrogens is 1. The summed E-state index contributed by atoms with van der Waals surface area (Å²) >= 11 is 0.